The molecule has 0 radical (unpaired) electrons. The summed E-state index contributed by atoms with van der Waals surface area (Å²) in [5, 5.41) is 36.0. The van der Waals surface area contributed by atoms with Crippen molar-refractivity contribution >= 4 is 29.2 Å². The zero-order valence-electron chi connectivity index (χ0n) is 45.1. The first-order valence-electron chi connectivity index (χ1n) is 26.2. The number of ether oxygens (including phenoxy) is 4. The van der Waals surface area contributed by atoms with Crippen molar-refractivity contribution in [3.05, 3.63) is 59.8 Å². The number of allylic oxidation sites excluding steroid dienone is 8. The first kappa shape index (κ1) is 61.6. The molecule has 2 aliphatic heterocycles. The number of aliphatic hydroxyl groups excluding tert-OH is 2. The zero-order valence-corrected chi connectivity index (χ0v) is 45.1. The molecule has 0 unspecified atom stereocenters. The molecule has 3 fully saturated rings. The second-order valence-electron chi connectivity index (χ2n) is 21.2. The van der Waals surface area contributed by atoms with E-state index in [4.69, 9.17) is 18.9 Å². The van der Waals surface area contributed by atoms with Gasteiger partial charge in [-0.1, -0.05) is 77.2 Å². The molecule has 1 aliphatic carbocycles. The quantitative estimate of drug-likeness (QED) is 0.0218. The maximum atomic E-state index is 13.8. The smallest absolute Gasteiger partial charge is 0.296 e. The minimum absolute atomic E-state index is 0.0230. The molecule has 0 bridgehead atoms. The van der Waals surface area contributed by atoms with Gasteiger partial charge < -0.3 is 49.4 Å². The van der Waals surface area contributed by atoms with Crippen molar-refractivity contribution in [3.8, 4) is 0 Å². The van der Waals surface area contributed by atoms with Crippen molar-refractivity contribution in [2.45, 2.75) is 174 Å². The van der Waals surface area contributed by atoms with Gasteiger partial charge in [0, 0.05) is 58.6 Å². The normalized spacial score (nSPS) is 27.9. The highest BCUT2D eigenvalue weighted by molar-refractivity contribution is 6.39. The summed E-state index contributed by atoms with van der Waals surface area (Å²) < 4.78 is 22.9. The lowest BCUT2D eigenvalue weighted by molar-refractivity contribution is -0.265. The van der Waals surface area contributed by atoms with Gasteiger partial charge in [-0.15, -0.1) is 0 Å². The number of carbonyl (C=O) groups is 5. The van der Waals surface area contributed by atoms with Crippen LogP contribution in [-0.2, 0) is 42.9 Å². The Morgan fingerprint density at radius 2 is 1.61 bits per heavy atom. The van der Waals surface area contributed by atoms with E-state index in [-0.39, 0.29) is 42.0 Å². The van der Waals surface area contributed by atoms with Crippen molar-refractivity contribution < 1.29 is 58.2 Å². The van der Waals surface area contributed by atoms with E-state index in [1.165, 1.54) is 12.0 Å². The van der Waals surface area contributed by atoms with Gasteiger partial charge in [-0.05, 0) is 140 Å². The van der Waals surface area contributed by atoms with Gasteiger partial charge >= 0.3 is 0 Å². The Bertz CT molecular complexity index is 1880. The van der Waals surface area contributed by atoms with Gasteiger partial charge in [0.05, 0.1) is 24.4 Å². The molecule has 3 aliphatic rings. The molecule has 402 valence electrons. The number of nitrogens with zero attached hydrogens (tertiary/aromatic N) is 2. The van der Waals surface area contributed by atoms with Gasteiger partial charge in [0.25, 0.3) is 11.7 Å². The lowest BCUT2D eigenvalue weighted by atomic mass is 9.80. The third-order valence-corrected chi connectivity index (χ3v) is 14.8. The number of methoxy groups -OCH3 is 3. The third kappa shape index (κ3) is 19.0. The van der Waals surface area contributed by atoms with Crippen molar-refractivity contribution in [1.82, 2.24) is 15.1 Å². The van der Waals surface area contributed by atoms with E-state index >= 15 is 0 Å². The minimum Gasteiger partial charge on any atom is -0.390 e. The fourth-order valence-corrected chi connectivity index (χ4v) is 10.2. The van der Waals surface area contributed by atoms with Crippen LogP contribution in [0.25, 0.3) is 0 Å². The van der Waals surface area contributed by atoms with Crippen LogP contribution in [0, 0.1) is 35.5 Å². The predicted molar refractivity (Wildman–Crippen MR) is 276 cm³/mol. The summed E-state index contributed by atoms with van der Waals surface area (Å²) in [6.45, 7) is 14.5. The number of ketones is 3. The van der Waals surface area contributed by atoms with Crippen molar-refractivity contribution in [2.75, 3.05) is 55.1 Å². The first-order valence-corrected chi connectivity index (χ1v) is 26.2. The van der Waals surface area contributed by atoms with E-state index < -0.39 is 71.8 Å². The molecule has 2 saturated heterocycles. The van der Waals surface area contributed by atoms with E-state index in [2.05, 4.69) is 12.2 Å². The highest BCUT2D eigenvalue weighted by Crippen LogP contribution is 2.37. The van der Waals surface area contributed by atoms with Crippen LogP contribution in [0.2, 0.25) is 0 Å². The van der Waals surface area contributed by atoms with Crippen LogP contribution >= 0.6 is 0 Å². The zero-order chi connectivity index (χ0) is 53.0. The third-order valence-electron chi connectivity index (χ3n) is 14.8. The molecule has 1 saturated carbocycles. The molecule has 14 atom stereocenters. The molecule has 0 aromatic carbocycles. The Hall–Kier alpha value is -3.67. The monoisotopic (exact) mass is 998 g/mol. The molecular weight excluding hydrogens is 907 g/mol. The largest absolute Gasteiger partial charge is 0.390 e. The van der Waals surface area contributed by atoms with Crippen LogP contribution in [0.3, 0.4) is 0 Å². The van der Waals surface area contributed by atoms with Gasteiger partial charge in [0.15, 0.2) is 11.6 Å². The number of amides is 2. The number of rotatable bonds is 28. The lowest BCUT2D eigenvalue weighted by Crippen LogP contribution is -2.61. The summed E-state index contributed by atoms with van der Waals surface area (Å²) in [6.07, 6.45) is 18.8. The molecule has 71 heavy (non-hydrogen) atoms. The van der Waals surface area contributed by atoms with E-state index in [0.29, 0.717) is 63.0 Å². The summed E-state index contributed by atoms with van der Waals surface area (Å²) >= 11 is 0. The van der Waals surface area contributed by atoms with E-state index in [9.17, 15) is 39.3 Å². The topological polar surface area (TPSA) is 201 Å². The van der Waals surface area contributed by atoms with Crippen LogP contribution in [-0.4, -0.2) is 158 Å². The Morgan fingerprint density at radius 3 is 2.27 bits per heavy atom. The molecule has 0 aromatic heterocycles. The summed E-state index contributed by atoms with van der Waals surface area (Å²) in [4.78, 5) is 70.7. The first-order chi connectivity index (χ1) is 33.6. The van der Waals surface area contributed by atoms with Gasteiger partial charge in [-0.2, -0.15) is 0 Å². The number of aliphatic hydroxyl groups is 3. The van der Waals surface area contributed by atoms with Gasteiger partial charge in [-0.3, -0.25) is 24.0 Å². The molecule has 0 spiro atoms. The molecular formula is C56H91N3O12. The average molecular weight is 998 g/mol. The Kier molecular flexibility index (Phi) is 26.5. The molecule has 15 heteroatoms. The Morgan fingerprint density at radius 1 is 0.887 bits per heavy atom. The van der Waals surface area contributed by atoms with Crippen LogP contribution in [0.5, 0.6) is 0 Å². The second kappa shape index (κ2) is 30.5. The number of Topliss-reactive ketones (excluding diaryl/α,β-unsaturated/α-hetero) is 2. The molecule has 0 aromatic rings. The van der Waals surface area contributed by atoms with E-state index in [1.54, 1.807) is 47.1 Å². The van der Waals surface area contributed by atoms with Crippen molar-refractivity contribution in [2.24, 2.45) is 35.5 Å². The molecule has 4 N–H and O–H groups in total. The Balaban J connectivity index is 1.52. The fourth-order valence-electron chi connectivity index (χ4n) is 10.2. The highest BCUT2D eigenvalue weighted by Gasteiger charge is 2.52. The van der Waals surface area contributed by atoms with Crippen LogP contribution in [0.15, 0.2) is 59.8 Å². The van der Waals surface area contributed by atoms with Crippen molar-refractivity contribution in [3.63, 3.8) is 0 Å². The Labute approximate surface area is 425 Å². The number of hydrogen-bond donors (Lipinski definition) is 4. The fraction of sp³-hybridized carbons (Fsp3) is 0.732. The summed E-state index contributed by atoms with van der Waals surface area (Å²) in [6, 6.07) is -0.784. The highest BCUT2D eigenvalue weighted by atomic mass is 16.6. The molecule has 2 amide bonds. The summed E-state index contributed by atoms with van der Waals surface area (Å²) in [5.74, 6) is -5.83. The second-order valence-corrected chi connectivity index (χ2v) is 21.2. The van der Waals surface area contributed by atoms with Crippen LogP contribution in [0.1, 0.15) is 126 Å². The molecule has 3 rings (SSSR count). The van der Waals surface area contributed by atoms with E-state index in [0.717, 1.165) is 44.2 Å². The summed E-state index contributed by atoms with van der Waals surface area (Å²) in [5.41, 5.74) is 1.38. The summed E-state index contributed by atoms with van der Waals surface area (Å²) in [7, 11) is 8.53. The maximum Gasteiger partial charge on any atom is 0.296 e. The van der Waals surface area contributed by atoms with Gasteiger partial charge in [0.1, 0.15) is 18.2 Å². The number of piperidine rings is 1. The standard InChI is InChI=1S/C56H91N3O12/c1-36(31-40(5)50(62)52(70-12)51(63)41(6)33-39(4)46(60)26-22-37(2)32-43-24-27-47(61)49(34-43)69-11)19-14-13-15-20-38(3)48(68-10)35-44-25-23-42(7)56(67,71-44)53(64)55(66)59-30-17-16-21-45(59)54(65)57-28-18-29-58(8)9/h13-15,19-20,22,26,33,36-37,39-40,42-45,47-49,51-52,61,63,67H,16-18,21,23-25,27-32,34-35H2,1-12H3,(H,57,65)/b15-13+,19-14+,26-22+,38-20+,41-33+/t36-,37+,39-,40-,42-,43+,44+,45+,47-,48+,49-,51-,52+,56-/m1/s1. The SMILES string of the molecule is CO[C@@H](C[C@@H]1CC[C@@H](C)[C@](O)(C(=O)C(=O)N2CCCC[C@H]2C(=O)NCCCN(C)C)O1)/C(C)=C/C=C/C=C/[C@@H](C)C[C@@H](C)C(=O)[C@H](OC)[C@H](O)/C(C)=C/[C@@H](C)C(=O)/C=C/[C@H](C)C[C@@H]1CC[C@@H](O)[C@H](OC)C1. The van der Waals surface area contributed by atoms with Gasteiger partial charge in [0.2, 0.25) is 11.7 Å². The van der Waals surface area contributed by atoms with Crippen molar-refractivity contribution in [1.29, 1.82) is 0 Å². The molecule has 2 heterocycles. The van der Waals surface area contributed by atoms with Crippen LogP contribution < -0.4 is 5.32 Å². The lowest BCUT2D eigenvalue weighted by Gasteiger charge is -2.42. The van der Waals surface area contributed by atoms with Crippen LogP contribution in [0.4, 0.5) is 0 Å². The van der Waals surface area contributed by atoms with Gasteiger partial charge in [-0.25, -0.2) is 0 Å². The number of carbonyl (C=O) groups excluding carboxylic acids is 5. The average Bonchev–Trinajstić information content (AvgIpc) is 3.34. The number of nitrogens with one attached hydrogen (secondary N) is 1. The van der Waals surface area contributed by atoms with E-state index in [1.807, 2.05) is 76.2 Å². The molecule has 15 nitrogen and oxygen atoms in total. The minimum atomic E-state index is -2.33. The number of hydrogen-bond acceptors (Lipinski definition) is 13. The maximum absolute atomic E-state index is 13.8. The predicted octanol–water partition coefficient (Wildman–Crippen LogP) is 6.49. The number of likely N-dealkylation sites (tertiary alicyclic amines) is 1.